The third-order valence-electron chi connectivity index (χ3n) is 4.60. The van der Waals surface area contributed by atoms with Gasteiger partial charge in [0.05, 0.1) is 12.7 Å². The van der Waals surface area contributed by atoms with E-state index in [0.717, 1.165) is 29.9 Å². The summed E-state index contributed by atoms with van der Waals surface area (Å²) in [7, 11) is 0. The van der Waals surface area contributed by atoms with Crippen LogP contribution in [0.3, 0.4) is 0 Å². The molecule has 2 aromatic rings. The van der Waals surface area contributed by atoms with Crippen LogP contribution in [0.4, 0.5) is 0 Å². The predicted molar refractivity (Wildman–Crippen MR) is 106 cm³/mol. The molecule has 0 saturated carbocycles. The standard InChI is InChI=1S/C23H32O2/c1-3-4-5-6-7-8-9-18-25-23-16-14-22(15-17-23)21-12-10-20(11-13-21)19(2)24/h10-17,19,24H,3-9,18H2,1-2H3. The van der Waals surface area contributed by atoms with Gasteiger partial charge in [-0.05, 0) is 42.2 Å². The minimum Gasteiger partial charge on any atom is -0.494 e. The van der Waals surface area contributed by atoms with Crippen molar-refractivity contribution in [2.45, 2.75) is 64.9 Å². The van der Waals surface area contributed by atoms with E-state index in [0.29, 0.717) is 0 Å². The lowest BCUT2D eigenvalue weighted by atomic mass is 10.0. The Balaban J connectivity index is 1.72. The van der Waals surface area contributed by atoms with E-state index in [1.165, 1.54) is 44.1 Å². The van der Waals surface area contributed by atoms with E-state index in [2.05, 4.69) is 31.2 Å². The number of aliphatic hydroxyl groups excluding tert-OH is 1. The Morgan fingerprint density at radius 3 is 1.84 bits per heavy atom. The molecule has 0 heterocycles. The van der Waals surface area contributed by atoms with Gasteiger partial charge in [0.2, 0.25) is 0 Å². The van der Waals surface area contributed by atoms with E-state index >= 15 is 0 Å². The number of aliphatic hydroxyl groups is 1. The van der Waals surface area contributed by atoms with Crippen molar-refractivity contribution in [1.82, 2.24) is 0 Å². The molecule has 2 rings (SSSR count). The van der Waals surface area contributed by atoms with Crippen molar-refractivity contribution < 1.29 is 9.84 Å². The smallest absolute Gasteiger partial charge is 0.119 e. The molecule has 0 fully saturated rings. The molecule has 25 heavy (non-hydrogen) atoms. The first-order valence-corrected chi connectivity index (χ1v) is 9.72. The van der Waals surface area contributed by atoms with E-state index < -0.39 is 6.10 Å². The average molecular weight is 341 g/mol. The molecule has 1 N–H and O–H groups in total. The van der Waals surface area contributed by atoms with Gasteiger partial charge in [-0.15, -0.1) is 0 Å². The van der Waals surface area contributed by atoms with Gasteiger partial charge >= 0.3 is 0 Å². The van der Waals surface area contributed by atoms with Crippen LogP contribution >= 0.6 is 0 Å². The second-order valence-corrected chi connectivity index (χ2v) is 6.79. The summed E-state index contributed by atoms with van der Waals surface area (Å²) in [5, 5.41) is 9.58. The van der Waals surface area contributed by atoms with Gasteiger partial charge in [-0.3, -0.25) is 0 Å². The summed E-state index contributed by atoms with van der Waals surface area (Å²) in [5.74, 6) is 0.940. The molecule has 2 nitrogen and oxygen atoms in total. The van der Waals surface area contributed by atoms with Gasteiger partial charge in [-0.1, -0.05) is 81.8 Å². The largest absolute Gasteiger partial charge is 0.494 e. The normalized spacial score (nSPS) is 12.1. The molecule has 2 aromatic carbocycles. The molecule has 2 heteroatoms. The van der Waals surface area contributed by atoms with Crippen LogP contribution in [0.15, 0.2) is 48.5 Å². The van der Waals surface area contributed by atoms with E-state index in [9.17, 15) is 5.11 Å². The van der Waals surface area contributed by atoms with Gasteiger partial charge < -0.3 is 9.84 Å². The molecule has 1 unspecified atom stereocenters. The van der Waals surface area contributed by atoms with Crippen LogP contribution in [-0.2, 0) is 0 Å². The molecule has 0 bridgehead atoms. The molecule has 0 aliphatic heterocycles. The Hall–Kier alpha value is -1.80. The van der Waals surface area contributed by atoms with Crippen molar-refractivity contribution >= 4 is 0 Å². The van der Waals surface area contributed by atoms with Gasteiger partial charge in [0.1, 0.15) is 5.75 Å². The molecular weight excluding hydrogens is 308 g/mol. The predicted octanol–water partition coefficient (Wildman–Crippen LogP) is 6.54. The zero-order valence-corrected chi connectivity index (χ0v) is 15.7. The van der Waals surface area contributed by atoms with E-state index in [1.807, 2.05) is 24.3 Å². The Labute approximate surface area is 152 Å². The maximum atomic E-state index is 9.58. The lowest BCUT2D eigenvalue weighted by Crippen LogP contribution is -1.97. The minimum absolute atomic E-state index is 0.420. The Morgan fingerprint density at radius 2 is 1.28 bits per heavy atom. The van der Waals surface area contributed by atoms with Crippen LogP contribution in [-0.4, -0.2) is 11.7 Å². The van der Waals surface area contributed by atoms with Gasteiger partial charge in [0.25, 0.3) is 0 Å². The fourth-order valence-electron chi connectivity index (χ4n) is 2.95. The third kappa shape index (κ3) is 6.91. The van der Waals surface area contributed by atoms with Crippen LogP contribution in [0.1, 0.15) is 70.5 Å². The van der Waals surface area contributed by atoms with Crippen molar-refractivity contribution in [3.63, 3.8) is 0 Å². The van der Waals surface area contributed by atoms with Crippen molar-refractivity contribution in [2.75, 3.05) is 6.61 Å². The highest BCUT2D eigenvalue weighted by atomic mass is 16.5. The van der Waals surface area contributed by atoms with E-state index in [4.69, 9.17) is 4.74 Å². The number of hydrogen-bond donors (Lipinski definition) is 1. The Kier molecular flexibility index (Phi) is 8.54. The molecule has 0 spiro atoms. The highest BCUT2D eigenvalue weighted by Gasteiger charge is 2.02. The van der Waals surface area contributed by atoms with Gasteiger partial charge in [0, 0.05) is 0 Å². The number of benzene rings is 2. The number of rotatable bonds is 11. The summed E-state index contributed by atoms with van der Waals surface area (Å²) in [6.45, 7) is 4.84. The summed E-state index contributed by atoms with van der Waals surface area (Å²) in [6, 6.07) is 16.3. The van der Waals surface area contributed by atoms with Crippen LogP contribution < -0.4 is 4.74 Å². The Morgan fingerprint density at radius 1 is 0.760 bits per heavy atom. The summed E-state index contributed by atoms with van der Waals surface area (Å²) in [5.41, 5.74) is 3.27. The average Bonchev–Trinajstić information content (AvgIpc) is 2.64. The summed E-state index contributed by atoms with van der Waals surface area (Å²) in [4.78, 5) is 0. The van der Waals surface area contributed by atoms with Gasteiger partial charge in [0.15, 0.2) is 0 Å². The zero-order chi connectivity index (χ0) is 17.9. The topological polar surface area (TPSA) is 29.5 Å². The fourth-order valence-corrected chi connectivity index (χ4v) is 2.95. The SMILES string of the molecule is CCCCCCCCCOc1ccc(-c2ccc(C(C)O)cc2)cc1. The number of ether oxygens (including phenoxy) is 1. The van der Waals surface area contributed by atoms with Crippen LogP contribution in [0.2, 0.25) is 0 Å². The highest BCUT2D eigenvalue weighted by Crippen LogP contribution is 2.24. The quantitative estimate of drug-likeness (QED) is 0.471. The second kappa shape index (κ2) is 10.9. The first-order chi connectivity index (χ1) is 12.2. The van der Waals surface area contributed by atoms with E-state index in [1.54, 1.807) is 6.92 Å². The van der Waals surface area contributed by atoms with Crippen LogP contribution in [0, 0.1) is 0 Å². The molecule has 0 radical (unpaired) electrons. The molecule has 1 atom stereocenters. The first kappa shape index (κ1) is 19.5. The minimum atomic E-state index is -0.420. The molecule has 0 amide bonds. The maximum Gasteiger partial charge on any atom is 0.119 e. The number of unbranched alkanes of at least 4 members (excludes halogenated alkanes) is 6. The molecule has 136 valence electrons. The molecule has 0 aliphatic carbocycles. The summed E-state index contributed by atoms with van der Waals surface area (Å²) < 4.78 is 5.84. The van der Waals surface area contributed by atoms with Gasteiger partial charge in [-0.2, -0.15) is 0 Å². The second-order valence-electron chi connectivity index (χ2n) is 6.79. The lowest BCUT2D eigenvalue weighted by Gasteiger charge is -2.09. The van der Waals surface area contributed by atoms with Crippen molar-refractivity contribution in [3.8, 4) is 16.9 Å². The van der Waals surface area contributed by atoms with Crippen molar-refractivity contribution in [3.05, 3.63) is 54.1 Å². The highest BCUT2D eigenvalue weighted by molar-refractivity contribution is 5.64. The molecule has 0 aliphatic rings. The maximum absolute atomic E-state index is 9.58. The molecule has 0 saturated heterocycles. The molecule has 0 aromatic heterocycles. The van der Waals surface area contributed by atoms with Crippen molar-refractivity contribution in [1.29, 1.82) is 0 Å². The Bertz CT molecular complexity index is 584. The summed E-state index contributed by atoms with van der Waals surface area (Å²) in [6.07, 6.45) is 8.70. The lowest BCUT2D eigenvalue weighted by molar-refractivity contribution is 0.199. The first-order valence-electron chi connectivity index (χ1n) is 9.72. The van der Waals surface area contributed by atoms with Gasteiger partial charge in [-0.25, -0.2) is 0 Å². The number of hydrogen-bond acceptors (Lipinski definition) is 2. The van der Waals surface area contributed by atoms with E-state index in [-0.39, 0.29) is 0 Å². The van der Waals surface area contributed by atoms with Crippen molar-refractivity contribution in [2.24, 2.45) is 0 Å². The van der Waals surface area contributed by atoms with Crippen LogP contribution in [0.5, 0.6) is 5.75 Å². The fraction of sp³-hybridized carbons (Fsp3) is 0.478. The summed E-state index contributed by atoms with van der Waals surface area (Å²) >= 11 is 0. The monoisotopic (exact) mass is 340 g/mol. The third-order valence-corrected chi connectivity index (χ3v) is 4.60. The van der Waals surface area contributed by atoms with Crippen LogP contribution in [0.25, 0.3) is 11.1 Å². The zero-order valence-electron chi connectivity index (χ0n) is 15.7. The molecular formula is C23H32O2.